The third-order valence-corrected chi connectivity index (χ3v) is 3.78. The van der Waals surface area contributed by atoms with Crippen molar-refractivity contribution in [2.45, 2.75) is 31.4 Å². The maximum atomic E-state index is 6.24. The lowest BCUT2D eigenvalue weighted by molar-refractivity contribution is -0.00171. The van der Waals surface area contributed by atoms with Crippen LogP contribution in [0.3, 0.4) is 0 Å². The number of rotatable bonds is 2. The first-order valence-corrected chi connectivity index (χ1v) is 6.13. The van der Waals surface area contributed by atoms with Gasteiger partial charge in [0.25, 0.3) is 0 Å². The average molecular weight is 260 g/mol. The molecule has 1 fully saturated rings. The number of benzene rings is 1. The number of ether oxygens (including phenoxy) is 1. The molecule has 1 saturated heterocycles. The molecule has 2 N–H and O–H groups in total. The Kier molecular flexibility index (Phi) is 3.45. The second-order valence-electron chi connectivity index (χ2n) is 4.41. The van der Waals surface area contributed by atoms with E-state index < -0.39 is 0 Å². The van der Waals surface area contributed by atoms with Gasteiger partial charge in [-0.3, -0.25) is 0 Å². The first kappa shape index (κ1) is 12.2. The monoisotopic (exact) mass is 259 g/mol. The van der Waals surface area contributed by atoms with Gasteiger partial charge in [0.15, 0.2) is 0 Å². The third kappa shape index (κ3) is 2.21. The summed E-state index contributed by atoms with van der Waals surface area (Å²) in [5.41, 5.74) is 6.77. The van der Waals surface area contributed by atoms with Crippen LogP contribution in [0.15, 0.2) is 18.2 Å². The fourth-order valence-electron chi connectivity index (χ4n) is 2.13. The van der Waals surface area contributed by atoms with Gasteiger partial charge in [0.1, 0.15) is 0 Å². The SMILES string of the molecule is CC1(C(N)c2cc(Cl)ccc2Cl)CCCO1. The van der Waals surface area contributed by atoms with Crippen molar-refractivity contribution >= 4 is 23.2 Å². The molecule has 16 heavy (non-hydrogen) atoms. The first-order valence-electron chi connectivity index (χ1n) is 5.37. The van der Waals surface area contributed by atoms with E-state index in [-0.39, 0.29) is 11.6 Å². The maximum Gasteiger partial charge on any atom is 0.0847 e. The second-order valence-corrected chi connectivity index (χ2v) is 5.25. The van der Waals surface area contributed by atoms with Crippen LogP contribution in [0.25, 0.3) is 0 Å². The van der Waals surface area contributed by atoms with Gasteiger partial charge < -0.3 is 10.5 Å². The zero-order valence-electron chi connectivity index (χ0n) is 9.17. The van der Waals surface area contributed by atoms with Crippen LogP contribution in [0.1, 0.15) is 31.4 Å². The van der Waals surface area contributed by atoms with Crippen molar-refractivity contribution in [2.24, 2.45) is 5.73 Å². The predicted molar refractivity (Wildman–Crippen MR) is 67.0 cm³/mol. The highest BCUT2D eigenvalue weighted by molar-refractivity contribution is 6.33. The molecule has 1 aromatic rings. The van der Waals surface area contributed by atoms with Gasteiger partial charge in [-0.05, 0) is 43.5 Å². The molecule has 2 unspecified atom stereocenters. The Morgan fingerprint density at radius 3 is 2.81 bits per heavy atom. The Balaban J connectivity index is 2.32. The standard InChI is InChI=1S/C12H15Cl2NO/c1-12(5-2-6-16-12)11(15)9-7-8(13)3-4-10(9)14/h3-4,7,11H,2,5-6,15H2,1H3. The zero-order valence-corrected chi connectivity index (χ0v) is 10.7. The molecular formula is C12H15Cl2NO. The molecular weight excluding hydrogens is 245 g/mol. The van der Waals surface area contributed by atoms with Crippen LogP contribution < -0.4 is 5.73 Å². The summed E-state index contributed by atoms with van der Waals surface area (Å²) in [6.07, 6.45) is 2.00. The van der Waals surface area contributed by atoms with E-state index in [4.69, 9.17) is 33.7 Å². The average Bonchev–Trinajstić information content (AvgIpc) is 2.69. The molecule has 0 aromatic heterocycles. The predicted octanol–water partition coefficient (Wildman–Crippen LogP) is 3.56. The van der Waals surface area contributed by atoms with E-state index in [9.17, 15) is 0 Å². The van der Waals surface area contributed by atoms with Crippen molar-refractivity contribution in [1.82, 2.24) is 0 Å². The summed E-state index contributed by atoms with van der Waals surface area (Å²) in [5, 5.41) is 1.30. The van der Waals surface area contributed by atoms with Gasteiger partial charge in [-0.2, -0.15) is 0 Å². The Hall–Kier alpha value is -0.280. The highest BCUT2D eigenvalue weighted by Crippen LogP contribution is 2.38. The first-order chi connectivity index (χ1) is 7.53. The van der Waals surface area contributed by atoms with Crippen molar-refractivity contribution in [1.29, 1.82) is 0 Å². The molecule has 0 aliphatic carbocycles. The number of halogens is 2. The third-order valence-electron chi connectivity index (χ3n) is 3.20. The molecule has 0 saturated carbocycles. The summed E-state index contributed by atoms with van der Waals surface area (Å²) in [6.45, 7) is 2.80. The van der Waals surface area contributed by atoms with Crippen LogP contribution in [0.2, 0.25) is 10.0 Å². The van der Waals surface area contributed by atoms with Gasteiger partial charge in [-0.15, -0.1) is 0 Å². The molecule has 4 heteroatoms. The maximum absolute atomic E-state index is 6.24. The van der Waals surface area contributed by atoms with Crippen LogP contribution in [-0.4, -0.2) is 12.2 Å². The van der Waals surface area contributed by atoms with E-state index in [0.717, 1.165) is 25.0 Å². The fourth-order valence-corrected chi connectivity index (χ4v) is 2.54. The summed E-state index contributed by atoms with van der Waals surface area (Å²) in [5.74, 6) is 0. The largest absolute Gasteiger partial charge is 0.373 e. The van der Waals surface area contributed by atoms with Gasteiger partial charge >= 0.3 is 0 Å². The molecule has 0 spiro atoms. The van der Waals surface area contributed by atoms with Crippen LogP contribution in [0.4, 0.5) is 0 Å². The Morgan fingerprint density at radius 2 is 2.19 bits per heavy atom. The van der Waals surface area contributed by atoms with Gasteiger partial charge in [0, 0.05) is 16.7 Å². The van der Waals surface area contributed by atoms with Crippen LogP contribution in [0, 0.1) is 0 Å². The van der Waals surface area contributed by atoms with Crippen molar-refractivity contribution in [2.75, 3.05) is 6.61 Å². The number of nitrogens with two attached hydrogens (primary N) is 1. The lowest BCUT2D eigenvalue weighted by atomic mass is 9.88. The second kappa shape index (κ2) is 4.53. The van der Waals surface area contributed by atoms with Crippen LogP contribution in [-0.2, 0) is 4.74 Å². The molecule has 0 amide bonds. The van der Waals surface area contributed by atoms with E-state index in [1.807, 2.05) is 13.0 Å². The number of hydrogen-bond acceptors (Lipinski definition) is 2. The van der Waals surface area contributed by atoms with E-state index in [1.165, 1.54) is 0 Å². The van der Waals surface area contributed by atoms with E-state index >= 15 is 0 Å². The van der Waals surface area contributed by atoms with Gasteiger partial charge in [-0.1, -0.05) is 23.2 Å². The topological polar surface area (TPSA) is 35.2 Å². The molecule has 2 rings (SSSR count). The number of hydrogen-bond donors (Lipinski definition) is 1. The van der Waals surface area contributed by atoms with E-state index in [0.29, 0.717) is 10.0 Å². The van der Waals surface area contributed by atoms with Gasteiger partial charge in [0.05, 0.1) is 11.6 Å². The summed E-state index contributed by atoms with van der Waals surface area (Å²) in [7, 11) is 0. The molecule has 1 aliphatic rings. The van der Waals surface area contributed by atoms with Crippen molar-refractivity contribution in [3.63, 3.8) is 0 Å². The highest BCUT2D eigenvalue weighted by atomic mass is 35.5. The lowest BCUT2D eigenvalue weighted by Gasteiger charge is -2.31. The van der Waals surface area contributed by atoms with Crippen molar-refractivity contribution < 1.29 is 4.74 Å². The summed E-state index contributed by atoms with van der Waals surface area (Å²) in [6, 6.07) is 5.12. The Bertz CT molecular complexity index is 389. The molecule has 2 nitrogen and oxygen atoms in total. The molecule has 1 aliphatic heterocycles. The van der Waals surface area contributed by atoms with Crippen molar-refractivity contribution in [3.8, 4) is 0 Å². The molecule has 2 atom stereocenters. The van der Waals surface area contributed by atoms with Gasteiger partial charge in [-0.25, -0.2) is 0 Å². The van der Waals surface area contributed by atoms with Crippen molar-refractivity contribution in [3.05, 3.63) is 33.8 Å². The van der Waals surface area contributed by atoms with Crippen LogP contribution in [0.5, 0.6) is 0 Å². The summed E-state index contributed by atoms with van der Waals surface area (Å²) in [4.78, 5) is 0. The minimum atomic E-state index is -0.325. The van der Waals surface area contributed by atoms with E-state index in [2.05, 4.69) is 0 Å². The molecule has 1 heterocycles. The minimum absolute atomic E-state index is 0.235. The normalized spacial score (nSPS) is 27.0. The molecule has 1 aromatic carbocycles. The Morgan fingerprint density at radius 1 is 1.44 bits per heavy atom. The van der Waals surface area contributed by atoms with Gasteiger partial charge in [0.2, 0.25) is 0 Å². The zero-order chi connectivity index (χ0) is 11.8. The summed E-state index contributed by atoms with van der Waals surface area (Å²) >= 11 is 12.1. The Labute approximate surface area is 106 Å². The highest BCUT2D eigenvalue weighted by Gasteiger charge is 2.37. The molecule has 0 bridgehead atoms. The van der Waals surface area contributed by atoms with E-state index in [1.54, 1.807) is 12.1 Å². The smallest absolute Gasteiger partial charge is 0.0847 e. The summed E-state index contributed by atoms with van der Waals surface area (Å²) < 4.78 is 5.72. The van der Waals surface area contributed by atoms with Crippen LogP contribution >= 0.6 is 23.2 Å². The molecule has 88 valence electrons. The quantitative estimate of drug-likeness (QED) is 0.882. The lowest BCUT2D eigenvalue weighted by Crippen LogP contribution is -2.37. The molecule has 0 radical (unpaired) electrons. The fraction of sp³-hybridized carbons (Fsp3) is 0.500. The minimum Gasteiger partial charge on any atom is -0.373 e.